The van der Waals surface area contributed by atoms with Crippen molar-refractivity contribution in [3.8, 4) is 0 Å². The Kier molecular flexibility index (Phi) is 6.85. The first-order chi connectivity index (χ1) is 13.9. The summed E-state index contributed by atoms with van der Waals surface area (Å²) in [5.74, 6) is -5.30. The predicted octanol–water partition coefficient (Wildman–Crippen LogP) is 4.51. The number of benzene rings is 1. The second kappa shape index (κ2) is 8.32. The van der Waals surface area contributed by atoms with Crippen molar-refractivity contribution in [1.82, 2.24) is 4.90 Å². The number of ether oxygens (including phenoxy) is 1. The van der Waals surface area contributed by atoms with Crippen LogP contribution in [0.2, 0.25) is 5.02 Å². The smallest absolute Gasteiger partial charge is 0.444 e. The summed E-state index contributed by atoms with van der Waals surface area (Å²) in [5.41, 5.74) is -7.51. The normalized spacial score (nSPS) is 21.9. The average molecular weight is 498 g/mol. The Morgan fingerprint density at radius 3 is 2.35 bits per heavy atom. The molecular weight excluding hydrogens is 480 g/mol. The van der Waals surface area contributed by atoms with Crippen LogP contribution >= 0.6 is 11.6 Å². The van der Waals surface area contributed by atoms with E-state index in [0.717, 1.165) is 12.1 Å². The number of amides is 1. The van der Waals surface area contributed by atoms with Crippen molar-refractivity contribution in [3.05, 3.63) is 34.6 Å². The zero-order valence-electron chi connectivity index (χ0n) is 16.3. The summed E-state index contributed by atoms with van der Waals surface area (Å²) >= 11 is 5.64. The van der Waals surface area contributed by atoms with E-state index in [1.165, 1.54) is 26.8 Å². The third-order valence-corrected chi connectivity index (χ3v) is 5.47. The summed E-state index contributed by atoms with van der Waals surface area (Å²) in [4.78, 5) is 12.8. The van der Waals surface area contributed by atoms with Gasteiger partial charge in [-0.05, 0) is 38.8 Å². The Morgan fingerprint density at radius 2 is 1.84 bits per heavy atom. The van der Waals surface area contributed by atoms with Crippen LogP contribution in [-0.4, -0.2) is 55.1 Å². The van der Waals surface area contributed by atoms with Crippen molar-refractivity contribution in [1.29, 1.82) is 0 Å². The van der Waals surface area contributed by atoms with E-state index in [1.807, 2.05) is 0 Å². The topological polar surface area (TPSA) is 72.9 Å². The van der Waals surface area contributed by atoms with Gasteiger partial charge in [0.1, 0.15) is 11.4 Å². The van der Waals surface area contributed by atoms with Gasteiger partial charge in [-0.3, -0.25) is 9.08 Å². The Bertz CT molecular complexity index is 947. The molecule has 6 nitrogen and oxygen atoms in total. The monoisotopic (exact) mass is 497 g/mol. The summed E-state index contributed by atoms with van der Waals surface area (Å²) in [6, 6.07) is 1.46. The van der Waals surface area contributed by atoms with Gasteiger partial charge in [-0.25, -0.2) is 18.0 Å². The molecule has 0 saturated carbocycles. The van der Waals surface area contributed by atoms with Crippen LogP contribution < -0.4 is 0 Å². The maximum Gasteiger partial charge on any atom is 0.523 e. The van der Waals surface area contributed by atoms with Crippen molar-refractivity contribution >= 4 is 27.8 Å². The van der Waals surface area contributed by atoms with E-state index in [0.29, 0.717) is 4.90 Å². The fourth-order valence-corrected chi connectivity index (χ4v) is 3.72. The van der Waals surface area contributed by atoms with Gasteiger partial charge in [-0.15, -0.1) is 0 Å². The Labute approximate surface area is 179 Å². The molecular formula is C17H18ClF6NO5S. The van der Waals surface area contributed by atoms with Gasteiger partial charge in [0.25, 0.3) is 5.92 Å². The molecule has 14 heteroatoms. The molecule has 0 N–H and O–H groups in total. The van der Waals surface area contributed by atoms with Gasteiger partial charge in [0.2, 0.25) is 0 Å². The molecule has 0 bridgehead atoms. The second-order valence-corrected chi connectivity index (χ2v) is 9.74. The van der Waals surface area contributed by atoms with E-state index in [-0.39, 0.29) is 5.56 Å². The molecule has 2 atom stereocenters. The number of likely N-dealkylation sites (tertiary alicyclic amines) is 1. The zero-order chi connectivity index (χ0) is 24.0. The SMILES string of the molecule is CC(C)(C)OC(=O)N1CC(F)(F)[C@@H](OS(=O)(=O)C(F)(F)F)[C@@H]1Cc1cccc(Cl)c1F. The van der Waals surface area contributed by atoms with Crippen molar-refractivity contribution in [2.24, 2.45) is 0 Å². The summed E-state index contributed by atoms with van der Waals surface area (Å²) in [7, 11) is -6.46. The zero-order valence-corrected chi connectivity index (χ0v) is 17.9. The summed E-state index contributed by atoms with van der Waals surface area (Å²) in [5, 5.41) is -0.411. The van der Waals surface area contributed by atoms with Crippen LogP contribution in [0.5, 0.6) is 0 Å². The molecule has 2 rings (SSSR count). The maximum absolute atomic E-state index is 14.6. The van der Waals surface area contributed by atoms with E-state index in [9.17, 15) is 39.6 Å². The minimum absolute atomic E-state index is 0.322. The number of carbonyl (C=O) groups excluding carboxylic acids is 1. The molecule has 0 aliphatic carbocycles. The van der Waals surface area contributed by atoms with Gasteiger partial charge in [0, 0.05) is 0 Å². The molecule has 1 aromatic carbocycles. The van der Waals surface area contributed by atoms with Crippen LogP contribution in [0.25, 0.3) is 0 Å². The second-order valence-electron chi connectivity index (χ2n) is 7.77. The summed E-state index contributed by atoms with van der Waals surface area (Å²) in [6.45, 7) is 2.72. The number of halogens is 7. The van der Waals surface area contributed by atoms with Gasteiger partial charge in [-0.2, -0.15) is 21.6 Å². The third-order valence-electron chi connectivity index (χ3n) is 4.15. The van der Waals surface area contributed by atoms with Crippen LogP contribution in [0.15, 0.2) is 18.2 Å². The minimum Gasteiger partial charge on any atom is -0.444 e. The lowest BCUT2D eigenvalue weighted by atomic mass is 10.0. The maximum atomic E-state index is 14.6. The Hall–Kier alpha value is -1.73. The van der Waals surface area contributed by atoms with Crippen molar-refractivity contribution < 1.29 is 48.5 Å². The van der Waals surface area contributed by atoms with Crippen molar-refractivity contribution in [2.75, 3.05) is 6.54 Å². The predicted molar refractivity (Wildman–Crippen MR) is 96.6 cm³/mol. The first kappa shape index (κ1) is 25.5. The van der Waals surface area contributed by atoms with Gasteiger partial charge in [0.05, 0.1) is 17.6 Å². The van der Waals surface area contributed by atoms with Crippen molar-refractivity contribution in [3.63, 3.8) is 0 Å². The minimum atomic E-state index is -6.46. The lowest BCUT2D eigenvalue weighted by Crippen LogP contribution is -2.47. The van der Waals surface area contributed by atoms with Crippen LogP contribution in [0, 0.1) is 5.82 Å². The molecule has 0 radical (unpaired) electrons. The molecule has 1 aliphatic rings. The van der Waals surface area contributed by atoms with Crippen LogP contribution in [0.1, 0.15) is 26.3 Å². The molecule has 1 saturated heterocycles. The Morgan fingerprint density at radius 1 is 1.26 bits per heavy atom. The molecule has 31 heavy (non-hydrogen) atoms. The molecule has 1 fully saturated rings. The standard InChI is InChI=1S/C17H18ClF6NO5S/c1-15(2,3)29-14(26)25-8-16(20,21)13(30-31(27,28)17(22,23)24)11(25)7-9-5-4-6-10(18)12(9)19/h4-6,11,13H,7-8H2,1-3H3/t11-,13-/m0/s1. The highest BCUT2D eigenvalue weighted by molar-refractivity contribution is 7.87. The fourth-order valence-electron chi connectivity index (χ4n) is 2.87. The number of alkyl halides is 5. The van der Waals surface area contributed by atoms with Gasteiger partial charge < -0.3 is 4.74 Å². The van der Waals surface area contributed by atoms with E-state index < -0.39 is 69.2 Å². The van der Waals surface area contributed by atoms with Gasteiger partial charge >= 0.3 is 21.7 Å². The highest BCUT2D eigenvalue weighted by Crippen LogP contribution is 2.40. The molecule has 1 heterocycles. The molecule has 1 amide bonds. The van der Waals surface area contributed by atoms with Crippen molar-refractivity contribution in [2.45, 2.75) is 56.4 Å². The average Bonchev–Trinajstić information content (AvgIpc) is 2.80. The number of nitrogens with zero attached hydrogens (tertiary/aromatic N) is 1. The van der Waals surface area contributed by atoms with Crippen LogP contribution in [0.4, 0.5) is 31.1 Å². The number of rotatable bonds is 4. The van der Waals surface area contributed by atoms with E-state index in [4.69, 9.17) is 16.3 Å². The quantitative estimate of drug-likeness (QED) is 0.348. The Balaban J connectivity index is 2.51. The number of hydrogen-bond acceptors (Lipinski definition) is 5. The fraction of sp³-hybridized carbons (Fsp3) is 0.588. The molecule has 176 valence electrons. The molecule has 0 spiro atoms. The highest BCUT2D eigenvalue weighted by Gasteiger charge is 2.62. The molecule has 1 aliphatic heterocycles. The largest absolute Gasteiger partial charge is 0.523 e. The van der Waals surface area contributed by atoms with E-state index in [2.05, 4.69) is 4.18 Å². The lowest BCUT2D eigenvalue weighted by Gasteiger charge is -2.30. The van der Waals surface area contributed by atoms with E-state index in [1.54, 1.807) is 0 Å². The molecule has 0 unspecified atom stereocenters. The first-order valence-corrected chi connectivity index (χ1v) is 10.4. The lowest BCUT2D eigenvalue weighted by molar-refractivity contribution is -0.0902. The van der Waals surface area contributed by atoms with Crippen LogP contribution in [-0.2, 0) is 25.5 Å². The number of hydrogen-bond donors (Lipinski definition) is 0. The molecule has 0 aromatic heterocycles. The third kappa shape index (κ3) is 5.75. The van der Waals surface area contributed by atoms with Gasteiger partial charge in [-0.1, -0.05) is 23.7 Å². The first-order valence-electron chi connectivity index (χ1n) is 8.65. The van der Waals surface area contributed by atoms with Crippen LogP contribution in [0.3, 0.4) is 0 Å². The number of carbonyl (C=O) groups is 1. The summed E-state index contributed by atoms with van der Waals surface area (Å²) < 4.78 is 113. The molecule has 1 aromatic rings. The van der Waals surface area contributed by atoms with Gasteiger partial charge in [0.15, 0.2) is 6.10 Å². The van der Waals surface area contributed by atoms with E-state index >= 15 is 0 Å². The summed E-state index contributed by atoms with van der Waals surface area (Å²) in [6.07, 6.45) is -5.14. The highest BCUT2D eigenvalue weighted by atomic mass is 35.5.